The summed E-state index contributed by atoms with van der Waals surface area (Å²) in [6.07, 6.45) is 1.84. The van der Waals surface area contributed by atoms with Gasteiger partial charge < -0.3 is 19.1 Å². The van der Waals surface area contributed by atoms with E-state index >= 15 is 0 Å². The Morgan fingerprint density at radius 3 is 2.86 bits per heavy atom. The van der Waals surface area contributed by atoms with Gasteiger partial charge in [-0.3, -0.25) is 4.79 Å². The van der Waals surface area contributed by atoms with Crippen LogP contribution in [0.2, 0.25) is 0 Å². The minimum Gasteiger partial charge on any atom is -0.467 e. The molecular weight excluding hydrogens is 395 g/mol. The molecule has 6 nitrogen and oxygen atoms in total. The van der Waals surface area contributed by atoms with Gasteiger partial charge in [0.25, 0.3) is 5.19 Å². The van der Waals surface area contributed by atoms with Crippen molar-refractivity contribution in [1.82, 2.24) is 9.88 Å². The Morgan fingerprint density at radius 2 is 2.00 bits per heavy atom. The number of carbonyl (C=O) groups excluding carboxylic acids is 1. The monoisotopic (exact) mass is 414 g/mol. The summed E-state index contributed by atoms with van der Waals surface area (Å²) < 4.78 is 30.8. The number of amides is 1. The van der Waals surface area contributed by atoms with Crippen molar-refractivity contribution in [2.45, 2.75) is 25.4 Å². The second-order valence-corrected chi connectivity index (χ2v) is 8.15. The molecule has 0 N–H and O–H groups in total. The molecule has 0 saturated carbocycles. The van der Waals surface area contributed by atoms with E-state index in [1.807, 2.05) is 23.1 Å². The summed E-state index contributed by atoms with van der Waals surface area (Å²) >= 11 is 1.35. The molecule has 2 aromatic carbocycles. The summed E-state index contributed by atoms with van der Waals surface area (Å²) in [7, 11) is 0. The van der Waals surface area contributed by atoms with Crippen molar-refractivity contribution < 1.29 is 23.4 Å². The molecule has 3 heterocycles. The van der Waals surface area contributed by atoms with Crippen LogP contribution in [0.3, 0.4) is 0 Å². The minimum atomic E-state index is -0.276. The van der Waals surface area contributed by atoms with Crippen LogP contribution in [0.4, 0.5) is 4.39 Å². The number of thiazole rings is 1. The van der Waals surface area contributed by atoms with E-state index in [-0.39, 0.29) is 24.6 Å². The van der Waals surface area contributed by atoms with Crippen LogP contribution in [0, 0.1) is 5.82 Å². The number of hydrogen-bond acceptors (Lipinski definition) is 6. The number of carbonyl (C=O) groups is 1. The van der Waals surface area contributed by atoms with E-state index in [1.165, 1.54) is 23.5 Å². The largest absolute Gasteiger partial charge is 0.467 e. The summed E-state index contributed by atoms with van der Waals surface area (Å²) in [5.41, 5.74) is 1.65. The lowest BCUT2D eigenvalue weighted by atomic mass is 10.1. The average Bonchev–Trinajstić information content (AvgIpc) is 3.34. The molecule has 8 heteroatoms. The molecule has 3 aromatic rings. The molecular formula is C21H19FN2O4S. The van der Waals surface area contributed by atoms with Gasteiger partial charge in [0.2, 0.25) is 12.7 Å². The van der Waals surface area contributed by atoms with E-state index in [9.17, 15) is 9.18 Å². The number of aromatic nitrogens is 1. The number of ether oxygens (including phenoxy) is 3. The van der Waals surface area contributed by atoms with E-state index in [2.05, 4.69) is 4.98 Å². The molecule has 150 valence electrons. The van der Waals surface area contributed by atoms with E-state index in [0.717, 1.165) is 34.4 Å². The maximum atomic E-state index is 13.3. The Morgan fingerprint density at radius 1 is 1.17 bits per heavy atom. The van der Waals surface area contributed by atoms with Crippen molar-refractivity contribution in [2.75, 3.05) is 19.9 Å². The van der Waals surface area contributed by atoms with Crippen molar-refractivity contribution >= 4 is 27.5 Å². The first-order valence-electron chi connectivity index (χ1n) is 9.53. The highest BCUT2D eigenvalue weighted by molar-refractivity contribution is 7.20. The van der Waals surface area contributed by atoms with Gasteiger partial charge in [0.1, 0.15) is 11.9 Å². The van der Waals surface area contributed by atoms with Crippen LogP contribution >= 0.6 is 11.3 Å². The summed E-state index contributed by atoms with van der Waals surface area (Å²) in [6, 6.07) is 10.1. The zero-order valence-electron chi connectivity index (χ0n) is 15.6. The molecule has 1 fully saturated rings. The highest BCUT2D eigenvalue weighted by Gasteiger charge is 2.25. The van der Waals surface area contributed by atoms with Crippen molar-refractivity contribution in [3.63, 3.8) is 0 Å². The van der Waals surface area contributed by atoms with Crippen LogP contribution in [0.15, 0.2) is 36.4 Å². The average molecular weight is 414 g/mol. The standard InChI is InChI=1S/C21H19FN2O4S/c22-14-2-3-16-19(11-14)29-21(23-16)28-15-5-7-24(8-6-15)20(25)10-13-1-4-17-18(9-13)27-12-26-17/h1-4,9,11,15H,5-8,10,12H2. The first kappa shape index (κ1) is 18.2. The second-order valence-electron chi connectivity index (χ2n) is 7.15. The van der Waals surface area contributed by atoms with Crippen LogP contribution in [-0.2, 0) is 11.2 Å². The lowest BCUT2D eigenvalue weighted by Crippen LogP contribution is -2.42. The van der Waals surface area contributed by atoms with Crippen molar-refractivity contribution in [3.8, 4) is 16.7 Å². The first-order chi connectivity index (χ1) is 14.1. The molecule has 0 radical (unpaired) electrons. The van der Waals surface area contributed by atoms with Gasteiger partial charge in [-0.1, -0.05) is 17.4 Å². The topological polar surface area (TPSA) is 60.9 Å². The van der Waals surface area contributed by atoms with Crippen LogP contribution in [0.25, 0.3) is 10.2 Å². The maximum absolute atomic E-state index is 13.3. The quantitative estimate of drug-likeness (QED) is 0.650. The van der Waals surface area contributed by atoms with Gasteiger partial charge in [-0.05, 0) is 35.9 Å². The third-order valence-electron chi connectivity index (χ3n) is 5.19. The van der Waals surface area contributed by atoms with E-state index in [4.69, 9.17) is 14.2 Å². The molecule has 1 saturated heterocycles. The predicted octanol–water partition coefficient (Wildman–Crippen LogP) is 3.78. The molecule has 0 bridgehead atoms. The number of fused-ring (bicyclic) bond motifs is 2. The number of rotatable bonds is 4. The van der Waals surface area contributed by atoms with Crippen molar-refractivity contribution in [2.24, 2.45) is 0 Å². The van der Waals surface area contributed by atoms with Gasteiger partial charge in [0.15, 0.2) is 11.5 Å². The molecule has 1 amide bonds. The second kappa shape index (κ2) is 7.51. The molecule has 0 atom stereocenters. The van der Waals surface area contributed by atoms with Gasteiger partial charge in [-0.25, -0.2) is 9.37 Å². The van der Waals surface area contributed by atoms with Crippen molar-refractivity contribution in [1.29, 1.82) is 0 Å². The SMILES string of the molecule is O=C(Cc1ccc2c(c1)OCO2)N1CCC(Oc2nc3ccc(F)cc3s2)CC1. The summed E-state index contributed by atoms with van der Waals surface area (Å²) in [6.45, 7) is 1.52. The van der Waals surface area contributed by atoms with Crippen LogP contribution in [-0.4, -0.2) is 41.8 Å². The van der Waals surface area contributed by atoms with Crippen molar-refractivity contribution in [3.05, 3.63) is 47.8 Å². The number of benzene rings is 2. The van der Waals surface area contributed by atoms with Crippen LogP contribution in [0.5, 0.6) is 16.7 Å². The fourth-order valence-electron chi connectivity index (χ4n) is 3.63. The molecule has 0 unspecified atom stereocenters. The number of hydrogen-bond donors (Lipinski definition) is 0. The molecule has 0 spiro atoms. The van der Waals surface area contributed by atoms with E-state index in [1.54, 1.807) is 6.07 Å². The first-order valence-corrected chi connectivity index (χ1v) is 10.3. The van der Waals surface area contributed by atoms with Gasteiger partial charge >= 0.3 is 0 Å². The minimum absolute atomic E-state index is 0.00926. The Balaban J connectivity index is 1.16. The Kier molecular flexibility index (Phi) is 4.71. The number of piperidine rings is 1. The predicted molar refractivity (Wildman–Crippen MR) is 106 cm³/mol. The fourth-order valence-corrected chi connectivity index (χ4v) is 4.54. The van der Waals surface area contributed by atoms with Gasteiger partial charge in [-0.2, -0.15) is 0 Å². The molecule has 2 aliphatic rings. The highest BCUT2D eigenvalue weighted by atomic mass is 32.1. The van der Waals surface area contributed by atoms with E-state index in [0.29, 0.717) is 30.5 Å². The summed E-state index contributed by atoms with van der Waals surface area (Å²) in [5, 5.41) is 0.552. The summed E-state index contributed by atoms with van der Waals surface area (Å²) in [5.74, 6) is 1.23. The summed E-state index contributed by atoms with van der Waals surface area (Å²) in [4.78, 5) is 18.9. The molecule has 0 aliphatic carbocycles. The zero-order valence-corrected chi connectivity index (χ0v) is 16.4. The zero-order chi connectivity index (χ0) is 19.8. The normalized spacial score (nSPS) is 16.4. The number of likely N-dealkylation sites (tertiary alicyclic amines) is 1. The highest BCUT2D eigenvalue weighted by Crippen LogP contribution is 2.33. The smallest absolute Gasteiger partial charge is 0.274 e. The Hall–Kier alpha value is -2.87. The van der Waals surface area contributed by atoms with Crippen LogP contribution in [0.1, 0.15) is 18.4 Å². The Bertz CT molecular complexity index is 1060. The molecule has 2 aliphatic heterocycles. The van der Waals surface area contributed by atoms with Gasteiger partial charge in [-0.15, -0.1) is 0 Å². The molecule has 5 rings (SSSR count). The third-order valence-corrected chi connectivity index (χ3v) is 6.09. The number of halogens is 1. The molecule has 29 heavy (non-hydrogen) atoms. The maximum Gasteiger partial charge on any atom is 0.274 e. The van der Waals surface area contributed by atoms with Gasteiger partial charge in [0, 0.05) is 25.9 Å². The lowest BCUT2D eigenvalue weighted by molar-refractivity contribution is -0.132. The number of nitrogens with zero attached hydrogens (tertiary/aromatic N) is 2. The fraction of sp³-hybridized carbons (Fsp3) is 0.333. The van der Waals surface area contributed by atoms with Crippen LogP contribution < -0.4 is 14.2 Å². The lowest BCUT2D eigenvalue weighted by Gasteiger charge is -2.31. The Labute approximate surface area is 170 Å². The van der Waals surface area contributed by atoms with Gasteiger partial charge in [0.05, 0.1) is 16.6 Å². The third kappa shape index (κ3) is 3.85. The molecule has 1 aromatic heterocycles. The van der Waals surface area contributed by atoms with E-state index < -0.39 is 0 Å².